The number of benzene rings is 3. The Morgan fingerprint density at radius 1 is 0.940 bits per heavy atom. The molecule has 450 valence electrons. The molecule has 7 amide bonds. The largest absolute Gasteiger partial charge is 0.631 e. The molecule has 0 bridgehead atoms. The van der Waals surface area contributed by atoms with Gasteiger partial charge in [0.1, 0.15) is 42.2 Å². The van der Waals surface area contributed by atoms with Crippen molar-refractivity contribution in [1.29, 1.82) is 0 Å². The van der Waals surface area contributed by atoms with E-state index in [9.17, 15) is 53.6 Å². The highest BCUT2D eigenvalue weighted by Gasteiger charge is 2.46. The van der Waals surface area contributed by atoms with Gasteiger partial charge in [0.25, 0.3) is 5.91 Å². The van der Waals surface area contributed by atoms with Crippen LogP contribution in [0, 0.1) is 12.3 Å². The number of aliphatic hydroxyl groups is 2. The lowest BCUT2D eigenvalue weighted by molar-refractivity contribution is -0.282. The Balaban J connectivity index is 0.832. The number of aromatic nitrogens is 2. The van der Waals surface area contributed by atoms with Crippen LogP contribution in [0.4, 0.5) is 0 Å². The van der Waals surface area contributed by atoms with Crippen LogP contribution in [0.25, 0.3) is 21.3 Å². The van der Waals surface area contributed by atoms with Crippen molar-refractivity contribution in [2.45, 2.75) is 166 Å². The second kappa shape index (κ2) is 27.9. The van der Waals surface area contributed by atoms with Gasteiger partial charge in [0.2, 0.25) is 40.9 Å². The zero-order valence-corrected chi connectivity index (χ0v) is 50.2. The molecule has 3 fully saturated rings. The lowest BCUT2D eigenvalue weighted by Gasteiger charge is -2.35. The number of hydrogen-bond acceptors (Lipinski definition) is 13. The molecular weight excluding hydrogens is 1140 g/mol. The smallest absolute Gasteiger partial charge is 0.268 e. The first-order chi connectivity index (χ1) is 40.0. The van der Waals surface area contributed by atoms with E-state index in [0.717, 1.165) is 33.7 Å². The van der Waals surface area contributed by atoms with Gasteiger partial charge in [0.15, 0.2) is 0 Å². The number of aliphatic hydroxyl groups excluding tert-OH is 2. The molecule has 3 aliphatic rings. The average Bonchev–Trinajstić information content (AvgIpc) is 2.47. The van der Waals surface area contributed by atoms with E-state index in [2.05, 4.69) is 31.2 Å². The second-order valence-electron chi connectivity index (χ2n) is 23.2. The first-order valence-electron chi connectivity index (χ1n) is 28.5. The summed E-state index contributed by atoms with van der Waals surface area (Å²) in [6.45, 7) is 9.16. The minimum atomic E-state index is -3.22. The Morgan fingerprint density at radius 3 is 2.38 bits per heavy atom. The van der Waals surface area contributed by atoms with E-state index in [0.29, 0.717) is 73.0 Å². The summed E-state index contributed by atoms with van der Waals surface area (Å²) in [5.74, 6) is -2.89. The molecule has 2 aromatic heterocycles. The highest BCUT2D eigenvalue weighted by atomic mass is 35.5. The number of amides is 7. The molecule has 3 saturated heterocycles. The van der Waals surface area contributed by atoms with Crippen molar-refractivity contribution in [3.05, 3.63) is 105 Å². The number of halogens is 1. The topological polar surface area (TPSA) is 325 Å². The molecule has 3 aromatic carbocycles. The molecule has 5 heterocycles. The van der Waals surface area contributed by atoms with E-state index < -0.39 is 90.6 Å². The van der Waals surface area contributed by atoms with Gasteiger partial charge < -0.3 is 66.5 Å². The summed E-state index contributed by atoms with van der Waals surface area (Å²) in [5, 5.41) is 33.3. The summed E-state index contributed by atoms with van der Waals surface area (Å²) in [6.07, 6.45) is 4.12. The third kappa shape index (κ3) is 15.6. The Hall–Kier alpha value is -6.78. The van der Waals surface area contributed by atoms with Gasteiger partial charge in [-0.05, 0) is 118 Å². The van der Waals surface area contributed by atoms with Gasteiger partial charge in [-0.2, -0.15) is 0 Å². The number of fused-ring (bicyclic) bond motifs is 2. The average molecular weight is 1210 g/mol. The Kier molecular flexibility index (Phi) is 21.0. The molecule has 9 N–H and O–H groups in total. The van der Waals surface area contributed by atoms with Crippen molar-refractivity contribution < 1.29 is 58.3 Å². The van der Waals surface area contributed by atoms with Gasteiger partial charge in [0.05, 0.1) is 39.3 Å². The number of nitrogens with zero attached hydrogens (tertiary/aromatic N) is 3. The zero-order valence-electron chi connectivity index (χ0n) is 47.8. The van der Waals surface area contributed by atoms with Crippen LogP contribution >= 0.6 is 30.9 Å². The maximum Gasteiger partial charge on any atom is 0.268 e. The minimum Gasteiger partial charge on any atom is -0.631 e. The molecule has 5 aromatic rings. The SMILES string of the molecule is Cc1ncsc1-c1ccc([C@H](C)NC(=O)[C@@H]2C[C@@H](O)CN2C(=O)C(NC(=O)CCCCc2cccc(OC[C@H](CCC(N)=O)NC(=O)[C@@H]3CC[C@@H]4CCCC[C@H](NC(=O)c5cc6cc(C(O)=[P+]([O-])[O-])ccc6[nH]5)C(=O)N43)c2Cl)C(C)(C)C)cc1. The molecule has 8 atom stereocenters. The van der Waals surface area contributed by atoms with Crippen LogP contribution in [0.15, 0.2) is 72.2 Å². The van der Waals surface area contributed by atoms with E-state index in [4.69, 9.17) is 22.1 Å². The van der Waals surface area contributed by atoms with Crippen LogP contribution in [-0.2, 0) is 35.2 Å². The third-order valence-electron chi connectivity index (χ3n) is 16.0. The minimum absolute atomic E-state index is 0.0540. The fourth-order valence-corrected chi connectivity index (χ4v) is 12.8. The zero-order chi connectivity index (χ0) is 60.6. The third-order valence-corrected chi connectivity index (χ3v) is 18.0. The molecule has 0 spiro atoms. The second-order valence-corrected chi connectivity index (χ2v) is 25.4. The monoisotopic (exact) mass is 1210 g/mol. The van der Waals surface area contributed by atoms with Crippen LogP contribution in [0.5, 0.6) is 5.75 Å². The van der Waals surface area contributed by atoms with Crippen molar-refractivity contribution in [2.75, 3.05) is 13.2 Å². The lowest BCUT2D eigenvalue weighted by Crippen LogP contribution is -2.57. The highest BCUT2D eigenvalue weighted by Crippen LogP contribution is 2.34. The van der Waals surface area contributed by atoms with Crippen molar-refractivity contribution in [3.8, 4) is 16.2 Å². The fourth-order valence-electron chi connectivity index (χ4n) is 11.4. The summed E-state index contributed by atoms with van der Waals surface area (Å²) in [5.41, 5.74) is 10.1. The molecule has 0 radical (unpaired) electrons. The van der Waals surface area contributed by atoms with Gasteiger partial charge in [-0.3, -0.25) is 33.6 Å². The van der Waals surface area contributed by atoms with Gasteiger partial charge in [0, 0.05) is 56.3 Å². The van der Waals surface area contributed by atoms with Crippen molar-refractivity contribution in [1.82, 2.24) is 41.0 Å². The van der Waals surface area contributed by atoms with Gasteiger partial charge >= 0.3 is 0 Å². The number of unbranched alkanes of at least 4 members (excludes halogenated alkanes) is 1. The highest BCUT2D eigenvalue weighted by molar-refractivity contribution is 7.44. The first-order valence-corrected chi connectivity index (χ1v) is 30.9. The number of nitrogens with two attached hydrogens (primary N) is 1. The maximum atomic E-state index is 14.4. The van der Waals surface area contributed by atoms with Crippen molar-refractivity contribution in [2.24, 2.45) is 11.1 Å². The van der Waals surface area contributed by atoms with Crippen LogP contribution in [-0.4, -0.2) is 132 Å². The number of likely N-dealkylation sites (tertiary alicyclic amines) is 1. The van der Waals surface area contributed by atoms with E-state index >= 15 is 0 Å². The number of ether oxygens (including phenoxy) is 1. The molecule has 8 rings (SSSR count). The Morgan fingerprint density at radius 2 is 1.68 bits per heavy atom. The van der Waals surface area contributed by atoms with Gasteiger partial charge in [-0.25, -0.2) is 4.98 Å². The number of aromatic amines is 1. The van der Waals surface area contributed by atoms with Crippen molar-refractivity contribution >= 4 is 88.7 Å². The standard InChI is InChI=1S/C60H75ClN9O12PS/c1-33(35-17-19-37(20-18-35)52-34(2)63-32-84-52)64-56(76)47-29-42(71)30-69(47)58(78)53(60(3,4)5)68-50(73)16-9-6-11-36-12-10-15-48(51(36)61)82-31-40(22-26-49(62)72)65-55(75)46-25-23-41-13-7-8-14-44(57(77)70(41)46)67-54(74)45-28-39-27-38(59(79)83(80)81)21-24-43(39)66-45/h10,12,15,17-21,24,27-28,32-33,40-42,44,46-47,53,66,71,79H,6-9,11,13-14,16,22-23,25-26,29-31H2,1-5H3,(H2,62,72)(H,64,76)(H,65,75)(H,67,74)(H,68,73)(H,80,81)/p-1/t33-,40-,41-,42+,44-,46-,47-,53?/m0/s1. The van der Waals surface area contributed by atoms with Crippen LogP contribution in [0.1, 0.15) is 144 Å². The summed E-state index contributed by atoms with van der Waals surface area (Å²) >= 11 is 8.47. The molecule has 1 unspecified atom stereocenters. The molecule has 3 aliphatic heterocycles. The number of hydrogen-bond donors (Lipinski definition) is 8. The molecule has 84 heavy (non-hydrogen) atoms. The van der Waals surface area contributed by atoms with Crippen molar-refractivity contribution in [3.63, 3.8) is 0 Å². The predicted octanol–water partition coefficient (Wildman–Crippen LogP) is 5.08. The van der Waals surface area contributed by atoms with Crippen LogP contribution in [0.2, 0.25) is 5.02 Å². The summed E-state index contributed by atoms with van der Waals surface area (Å²) < 4.78 is 6.21. The molecule has 24 heteroatoms. The number of aryl methyl sites for hydroxylation is 2. The van der Waals surface area contributed by atoms with E-state index in [1.165, 1.54) is 29.2 Å². The molecule has 0 saturated carbocycles. The molecule has 0 aliphatic carbocycles. The number of carbonyl (C=O) groups is 7. The number of H-pyrrole nitrogens is 1. The summed E-state index contributed by atoms with van der Waals surface area (Å²) in [6, 6.07) is 13.9. The summed E-state index contributed by atoms with van der Waals surface area (Å²) in [7, 11) is -3.22. The molecular formula is C60H74ClN9O12PS-. The first kappa shape index (κ1) is 63.2. The summed E-state index contributed by atoms with van der Waals surface area (Å²) in [4.78, 5) is 130. The molecule has 21 nitrogen and oxygen atoms in total. The Labute approximate surface area is 498 Å². The number of nitrogens with one attached hydrogen (secondary N) is 5. The number of carbonyl (C=O) groups excluding carboxylic acids is 7. The van der Waals surface area contributed by atoms with Crippen LogP contribution < -0.4 is 41.5 Å². The van der Waals surface area contributed by atoms with Gasteiger partial charge in [-0.15, -0.1) is 11.3 Å². The van der Waals surface area contributed by atoms with E-state index in [-0.39, 0.29) is 68.1 Å². The number of primary amides is 1. The number of thiazole rings is 1. The Bertz CT molecular complexity index is 3270. The number of rotatable bonds is 22. The van der Waals surface area contributed by atoms with Gasteiger partial charge in [-0.1, -0.05) is 81.6 Å². The number of β-amino-alcohol motifs (C(OH)–C–C–N with tert-alkyl or cyclic N) is 1. The normalized spacial score (nSPS) is 20.0. The quantitative estimate of drug-likeness (QED) is 0.0332. The fraction of sp³-hybridized carbons (Fsp3) is 0.483. The van der Waals surface area contributed by atoms with Crippen LogP contribution in [0.3, 0.4) is 0 Å². The van der Waals surface area contributed by atoms with E-state index in [1.807, 2.05) is 65.0 Å². The van der Waals surface area contributed by atoms with E-state index in [1.54, 1.807) is 33.9 Å². The maximum absolute atomic E-state index is 14.4. The predicted molar refractivity (Wildman–Crippen MR) is 316 cm³/mol. The lowest BCUT2D eigenvalue weighted by atomic mass is 9.85.